The first-order valence-corrected chi connectivity index (χ1v) is 9.33. The summed E-state index contributed by atoms with van der Waals surface area (Å²) in [5, 5.41) is 0. The number of likely N-dealkylation sites (tertiary alicyclic amines) is 2. The number of nitrogens with zero attached hydrogens (tertiary/aromatic N) is 2. The molecule has 4 saturated heterocycles. The van der Waals surface area contributed by atoms with E-state index in [2.05, 4.69) is 23.9 Å². The number of ether oxygens (including phenoxy) is 2. The summed E-state index contributed by atoms with van der Waals surface area (Å²) < 4.78 is 12.9. The zero-order valence-corrected chi connectivity index (χ0v) is 14.4. The van der Waals surface area contributed by atoms with Gasteiger partial charge in [0.1, 0.15) is 5.72 Å². The SMILES string of the molecule is CN1CCCC2(CCC(C3CCN(C)C4(CCCO4)C3)O2)C1. The van der Waals surface area contributed by atoms with Gasteiger partial charge in [0, 0.05) is 19.7 Å². The van der Waals surface area contributed by atoms with Gasteiger partial charge in [-0.15, -0.1) is 0 Å². The predicted octanol–water partition coefficient (Wildman–Crippen LogP) is 2.48. The van der Waals surface area contributed by atoms with Gasteiger partial charge in [-0.25, -0.2) is 0 Å². The molecule has 0 aromatic rings. The lowest BCUT2D eigenvalue weighted by Crippen LogP contribution is -2.53. The lowest BCUT2D eigenvalue weighted by Gasteiger charge is -2.47. The highest BCUT2D eigenvalue weighted by Gasteiger charge is 2.50. The molecule has 0 radical (unpaired) electrons. The van der Waals surface area contributed by atoms with Crippen molar-refractivity contribution in [3.8, 4) is 0 Å². The van der Waals surface area contributed by atoms with E-state index in [1.807, 2.05) is 0 Å². The van der Waals surface area contributed by atoms with Crippen molar-refractivity contribution in [2.24, 2.45) is 5.92 Å². The van der Waals surface area contributed by atoms with E-state index in [9.17, 15) is 0 Å². The molecule has 4 fully saturated rings. The molecule has 0 amide bonds. The Kier molecular flexibility index (Phi) is 4.00. The maximum Gasteiger partial charge on any atom is 0.121 e. The van der Waals surface area contributed by atoms with Crippen LogP contribution in [-0.4, -0.2) is 67.6 Å². The highest BCUT2D eigenvalue weighted by molar-refractivity contribution is 4.99. The molecule has 0 saturated carbocycles. The summed E-state index contributed by atoms with van der Waals surface area (Å²) >= 11 is 0. The fraction of sp³-hybridized carbons (Fsp3) is 1.00. The zero-order chi connectivity index (χ0) is 15.2. The van der Waals surface area contributed by atoms with Crippen molar-refractivity contribution in [1.29, 1.82) is 0 Å². The normalized spacial score (nSPS) is 47.7. The van der Waals surface area contributed by atoms with Gasteiger partial charge >= 0.3 is 0 Å². The smallest absolute Gasteiger partial charge is 0.121 e. The second-order valence-electron chi connectivity index (χ2n) is 8.29. The van der Waals surface area contributed by atoms with E-state index < -0.39 is 0 Å². The first-order valence-electron chi connectivity index (χ1n) is 9.33. The molecular weight excluding hydrogens is 276 g/mol. The van der Waals surface area contributed by atoms with Crippen molar-refractivity contribution in [3.63, 3.8) is 0 Å². The van der Waals surface area contributed by atoms with E-state index in [1.54, 1.807) is 0 Å². The largest absolute Gasteiger partial charge is 0.370 e. The molecule has 4 aliphatic heterocycles. The second-order valence-corrected chi connectivity index (χ2v) is 8.29. The third kappa shape index (κ3) is 2.62. The molecule has 4 heterocycles. The standard InChI is InChI=1S/C18H32N2O2/c1-19-10-3-7-17(14-19)9-5-16(22-17)15-6-11-20(2)18(13-15)8-4-12-21-18/h15-16H,3-14H2,1-2H3. The Bertz CT molecular complexity index is 410. The van der Waals surface area contributed by atoms with Gasteiger partial charge in [0.05, 0.1) is 11.7 Å². The quantitative estimate of drug-likeness (QED) is 0.743. The third-order valence-corrected chi connectivity index (χ3v) is 6.74. The summed E-state index contributed by atoms with van der Waals surface area (Å²) in [4.78, 5) is 4.93. The molecule has 22 heavy (non-hydrogen) atoms. The number of likely N-dealkylation sites (N-methyl/N-ethyl adjacent to an activating group) is 1. The van der Waals surface area contributed by atoms with Crippen LogP contribution in [0.3, 0.4) is 0 Å². The summed E-state index contributed by atoms with van der Waals surface area (Å²) in [6.45, 7) is 4.48. The van der Waals surface area contributed by atoms with Crippen molar-refractivity contribution in [2.45, 2.75) is 68.8 Å². The monoisotopic (exact) mass is 308 g/mol. The summed E-state index contributed by atoms with van der Waals surface area (Å²) in [7, 11) is 4.49. The minimum absolute atomic E-state index is 0.0331. The maximum atomic E-state index is 6.72. The molecule has 0 aromatic carbocycles. The van der Waals surface area contributed by atoms with Crippen molar-refractivity contribution in [1.82, 2.24) is 9.80 Å². The Hall–Kier alpha value is -0.160. The highest BCUT2D eigenvalue weighted by atomic mass is 16.5. The molecule has 4 aliphatic rings. The second kappa shape index (κ2) is 5.73. The van der Waals surface area contributed by atoms with Gasteiger partial charge < -0.3 is 14.4 Å². The van der Waals surface area contributed by atoms with Crippen LogP contribution >= 0.6 is 0 Å². The van der Waals surface area contributed by atoms with Gasteiger partial charge in [-0.2, -0.15) is 0 Å². The molecule has 0 bridgehead atoms. The van der Waals surface area contributed by atoms with Gasteiger partial charge in [0.15, 0.2) is 0 Å². The summed E-state index contributed by atoms with van der Waals surface area (Å²) in [5.41, 5.74) is 0.204. The molecule has 2 spiro atoms. The molecular formula is C18H32N2O2. The first-order chi connectivity index (χ1) is 10.6. The lowest BCUT2D eigenvalue weighted by molar-refractivity contribution is -0.169. The Balaban J connectivity index is 1.43. The van der Waals surface area contributed by atoms with Crippen molar-refractivity contribution < 1.29 is 9.47 Å². The zero-order valence-electron chi connectivity index (χ0n) is 14.4. The number of piperidine rings is 2. The summed E-state index contributed by atoms with van der Waals surface area (Å²) in [5.74, 6) is 0.695. The topological polar surface area (TPSA) is 24.9 Å². The molecule has 4 atom stereocenters. The van der Waals surface area contributed by atoms with Crippen LogP contribution < -0.4 is 0 Å². The van der Waals surface area contributed by atoms with E-state index >= 15 is 0 Å². The predicted molar refractivity (Wildman–Crippen MR) is 86.8 cm³/mol. The number of hydrogen-bond acceptors (Lipinski definition) is 4. The Morgan fingerprint density at radius 1 is 1.00 bits per heavy atom. The van der Waals surface area contributed by atoms with Gasteiger partial charge in [-0.1, -0.05) is 0 Å². The van der Waals surface area contributed by atoms with E-state index in [1.165, 1.54) is 57.9 Å². The fourth-order valence-electron chi connectivity index (χ4n) is 5.49. The molecule has 0 aliphatic carbocycles. The third-order valence-electron chi connectivity index (χ3n) is 6.74. The van der Waals surface area contributed by atoms with E-state index in [0.717, 1.165) is 19.7 Å². The van der Waals surface area contributed by atoms with Crippen LogP contribution in [0.1, 0.15) is 51.4 Å². The fourth-order valence-corrected chi connectivity index (χ4v) is 5.49. The van der Waals surface area contributed by atoms with Crippen LogP contribution in [0.4, 0.5) is 0 Å². The average molecular weight is 308 g/mol. The van der Waals surface area contributed by atoms with Crippen LogP contribution in [0.2, 0.25) is 0 Å². The van der Waals surface area contributed by atoms with Crippen LogP contribution in [0.25, 0.3) is 0 Å². The Morgan fingerprint density at radius 3 is 2.68 bits per heavy atom. The van der Waals surface area contributed by atoms with Crippen molar-refractivity contribution in [2.75, 3.05) is 40.3 Å². The molecule has 4 unspecified atom stereocenters. The number of hydrogen-bond donors (Lipinski definition) is 0. The van der Waals surface area contributed by atoms with Gasteiger partial charge in [0.25, 0.3) is 0 Å². The van der Waals surface area contributed by atoms with E-state index in [4.69, 9.17) is 9.47 Å². The highest BCUT2D eigenvalue weighted by Crippen LogP contribution is 2.46. The van der Waals surface area contributed by atoms with Crippen LogP contribution in [0, 0.1) is 5.92 Å². The van der Waals surface area contributed by atoms with Crippen LogP contribution in [0.15, 0.2) is 0 Å². The molecule has 4 nitrogen and oxygen atoms in total. The number of rotatable bonds is 1. The van der Waals surface area contributed by atoms with Crippen LogP contribution in [0.5, 0.6) is 0 Å². The summed E-state index contributed by atoms with van der Waals surface area (Å²) in [6, 6.07) is 0. The summed E-state index contributed by atoms with van der Waals surface area (Å²) in [6.07, 6.45) is 10.4. The Labute approximate surface area is 135 Å². The molecule has 0 aromatic heterocycles. The van der Waals surface area contributed by atoms with Gasteiger partial charge in [-0.3, -0.25) is 4.90 Å². The molecule has 4 rings (SSSR count). The molecule has 4 heteroatoms. The lowest BCUT2D eigenvalue weighted by atomic mass is 9.82. The first kappa shape index (κ1) is 15.4. The van der Waals surface area contributed by atoms with E-state index in [-0.39, 0.29) is 11.3 Å². The van der Waals surface area contributed by atoms with Crippen LogP contribution in [-0.2, 0) is 9.47 Å². The minimum atomic E-state index is 0.0331. The van der Waals surface area contributed by atoms with Crippen molar-refractivity contribution >= 4 is 0 Å². The maximum absolute atomic E-state index is 6.72. The molecule has 126 valence electrons. The van der Waals surface area contributed by atoms with Crippen molar-refractivity contribution in [3.05, 3.63) is 0 Å². The Morgan fingerprint density at radius 2 is 1.91 bits per heavy atom. The average Bonchev–Trinajstić information content (AvgIpc) is 3.11. The van der Waals surface area contributed by atoms with Gasteiger partial charge in [0.2, 0.25) is 0 Å². The minimum Gasteiger partial charge on any atom is -0.370 e. The van der Waals surface area contributed by atoms with E-state index in [0.29, 0.717) is 12.0 Å². The molecule has 0 N–H and O–H groups in total. The van der Waals surface area contributed by atoms with Gasteiger partial charge in [-0.05, 0) is 77.9 Å².